The van der Waals surface area contributed by atoms with Crippen LogP contribution in [0.5, 0.6) is 0 Å². The van der Waals surface area contributed by atoms with Crippen molar-refractivity contribution < 1.29 is 13.7 Å². The number of halogens is 1. The van der Waals surface area contributed by atoms with Gasteiger partial charge in [-0.3, -0.25) is 4.79 Å². The quantitative estimate of drug-likeness (QED) is 0.434. The van der Waals surface area contributed by atoms with Gasteiger partial charge in [0.1, 0.15) is 11.6 Å². The number of pyridine rings is 1. The van der Waals surface area contributed by atoms with E-state index in [2.05, 4.69) is 20.4 Å². The number of aryl methyl sites for hydroxylation is 1. The standard InChI is InChI=1S/C23H20FN5O2/c1-14-28-23(29-31-14)17-7-5-16(6-8-17)21(30)12-15-4-9-19(24)18(11-15)13-27-20-3-2-10-26-22(20)25/h2-11,27H,12-13H2,1H3,(H2,25,26). The molecule has 4 aromatic rings. The van der Waals surface area contributed by atoms with Crippen LogP contribution in [0.25, 0.3) is 11.4 Å². The maximum Gasteiger partial charge on any atom is 0.223 e. The number of carbonyl (C=O) groups excluding carboxylic acids is 1. The molecule has 4 rings (SSSR count). The molecule has 31 heavy (non-hydrogen) atoms. The van der Waals surface area contributed by atoms with Crippen molar-refractivity contribution in [2.75, 3.05) is 11.1 Å². The number of aromatic nitrogens is 3. The Balaban J connectivity index is 1.44. The van der Waals surface area contributed by atoms with Crippen LogP contribution in [0.2, 0.25) is 0 Å². The second-order valence-electron chi connectivity index (χ2n) is 7.03. The van der Waals surface area contributed by atoms with E-state index in [9.17, 15) is 9.18 Å². The predicted molar refractivity (Wildman–Crippen MR) is 115 cm³/mol. The molecule has 0 aliphatic carbocycles. The highest BCUT2D eigenvalue weighted by Gasteiger charge is 2.12. The highest BCUT2D eigenvalue weighted by molar-refractivity contribution is 5.97. The fourth-order valence-corrected chi connectivity index (χ4v) is 3.14. The third-order valence-corrected chi connectivity index (χ3v) is 4.78. The third kappa shape index (κ3) is 4.75. The van der Waals surface area contributed by atoms with Gasteiger partial charge in [-0.25, -0.2) is 9.37 Å². The van der Waals surface area contributed by atoms with Crippen LogP contribution in [-0.2, 0) is 13.0 Å². The average Bonchev–Trinajstić information content (AvgIpc) is 3.21. The molecule has 0 saturated heterocycles. The highest BCUT2D eigenvalue weighted by atomic mass is 19.1. The minimum absolute atomic E-state index is 0.0714. The van der Waals surface area contributed by atoms with Crippen molar-refractivity contribution in [1.29, 1.82) is 0 Å². The SMILES string of the molecule is Cc1nc(-c2ccc(C(=O)Cc3ccc(F)c(CNc4cccnc4N)c3)cc2)no1. The van der Waals surface area contributed by atoms with Gasteiger partial charge in [0.25, 0.3) is 0 Å². The number of nitrogen functional groups attached to an aromatic ring is 1. The van der Waals surface area contributed by atoms with Gasteiger partial charge in [0, 0.05) is 42.8 Å². The topological polar surface area (TPSA) is 107 Å². The zero-order valence-electron chi connectivity index (χ0n) is 16.8. The summed E-state index contributed by atoms with van der Waals surface area (Å²) in [6, 6.07) is 15.2. The summed E-state index contributed by atoms with van der Waals surface area (Å²) in [6.45, 7) is 1.94. The molecule has 0 spiro atoms. The molecule has 8 heteroatoms. The van der Waals surface area contributed by atoms with Gasteiger partial charge in [-0.15, -0.1) is 0 Å². The number of anilines is 2. The molecular weight excluding hydrogens is 397 g/mol. The zero-order chi connectivity index (χ0) is 21.8. The lowest BCUT2D eigenvalue weighted by molar-refractivity contribution is 0.0993. The molecule has 2 aromatic carbocycles. The molecule has 156 valence electrons. The number of benzene rings is 2. The molecule has 0 amide bonds. The monoisotopic (exact) mass is 417 g/mol. The Morgan fingerprint density at radius 3 is 2.68 bits per heavy atom. The number of hydrogen-bond acceptors (Lipinski definition) is 7. The van der Waals surface area contributed by atoms with Gasteiger partial charge >= 0.3 is 0 Å². The normalized spacial score (nSPS) is 10.8. The molecule has 0 aliphatic rings. The summed E-state index contributed by atoms with van der Waals surface area (Å²) in [4.78, 5) is 20.9. The maximum atomic E-state index is 14.2. The van der Waals surface area contributed by atoms with E-state index in [1.807, 2.05) is 0 Å². The first kappa shape index (κ1) is 20.2. The van der Waals surface area contributed by atoms with Crippen molar-refractivity contribution in [3.8, 4) is 11.4 Å². The van der Waals surface area contributed by atoms with Crippen LogP contribution < -0.4 is 11.1 Å². The molecule has 2 aromatic heterocycles. The molecule has 3 N–H and O–H groups in total. The van der Waals surface area contributed by atoms with Gasteiger partial charge in [-0.05, 0) is 23.8 Å². The van der Waals surface area contributed by atoms with Gasteiger partial charge in [-0.2, -0.15) is 4.98 Å². The van der Waals surface area contributed by atoms with Crippen LogP contribution in [0.15, 0.2) is 65.3 Å². The Labute approximate surface area is 178 Å². The van der Waals surface area contributed by atoms with Gasteiger partial charge in [0.15, 0.2) is 5.78 Å². The van der Waals surface area contributed by atoms with E-state index < -0.39 is 0 Å². The first-order valence-electron chi connectivity index (χ1n) is 9.65. The zero-order valence-corrected chi connectivity index (χ0v) is 16.8. The fourth-order valence-electron chi connectivity index (χ4n) is 3.14. The molecule has 0 unspecified atom stereocenters. The number of hydrogen-bond donors (Lipinski definition) is 2. The second kappa shape index (κ2) is 8.74. The predicted octanol–water partition coefficient (Wildman–Crippen LogP) is 4.20. The molecule has 7 nitrogen and oxygen atoms in total. The van der Waals surface area contributed by atoms with Crippen LogP contribution >= 0.6 is 0 Å². The summed E-state index contributed by atoms with van der Waals surface area (Å²) in [5.74, 6) is 0.863. The lowest BCUT2D eigenvalue weighted by atomic mass is 10.00. The van der Waals surface area contributed by atoms with Crippen molar-refractivity contribution in [3.63, 3.8) is 0 Å². The average molecular weight is 417 g/mol. The largest absolute Gasteiger partial charge is 0.382 e. The lowest BCUT2D eigenvalue weighted by Gasteiger charge is -2.10. The van der Waals surface area contributed by atoms with Gasteiger partial charge < -0.3 is 15.6 Å². The van der Waals surface area contributed by atoms with E-state index in [4.69, 9.17) is 10.3 Å². The van der Waals surface area contributed by atoms with Crippen molar-refractivity contribution in [2.24, 2.45) is 0 Å². The number of nitrogens with zero attached hydrogens (tertiary/aromatic N) is 3. The Morgan fingerprint density at radius 1 is 1.16 bits per heavy atom. The van der Waals surface area contributed by atoms with Crippen molar-refractivity contribution in [1.82, 2.24) is 15.1 Å². The summed E-state index contributed by atoms with van der Waals surface area (Å²) >= 11 is 0. The lowest BCUT2D eigenvalue weighted by Crippen LogP contribution is -2.07. The van der Waals surface area contributed by atoms with Crippen LogP contribution in [-0.4, -0.2) is 20.9 Å². The number of ketones is 1. The number of carbonyl (C=O) groups is 1. The Morgan fingerprint density at radius 2 is 1.97 bits per heavy atom. The number of rotatable bonds is 7. The van der Waals surface area contributed by atoms with Gasteiger partial charge in [0.05, 0.1) is 5.69 Å². The second-order valence-corrected chi connectivity index (χ2v) is 7.03. The first-order valence-corrected chi connectivity index (χ1v) is 9.65. The molecule has 2 heterocycles. The van der Waals surface area contributed by atoms with Crippen molar-refractivity contribution in [2.45, 2.75) is 19.9 Å². The van der Waals surface area contributed by atoms with Crippen molar-refractivity contribution in [3.05, 3.63) is 89.2 Å². The van der Waals surface area contributed by atoms with Gasteiger partial charge in [0.2, 0.25) is 11.7 Å². The smallest absolute Gasteiger partial charge is 0.223 e. The number of nitrogens with two attached hydrogens (primary N) is 1. The van der Waals surface area contributed by atoms with Crippen molar-refractivity contribution >= 4 is 17.3 Å². The Hall–Kier alpha value is -4.07. The minimum atomic E-state index is -0.356. The maximum absolute atomic E-state index is 14.2. The molecule has 0 bridgehead atoms. The summed E-state index contributed by atoms with van der Waals surface area (Å²) in [5.41, 5.74) is 8.91. The molecule has 0 aliphatic heterocycles. The fraction of sp³-hybridized carbons (Fsp3) is 0.130. The van der Waals surface area contributed by atoms with E-state index >= 15 is 0 Å². The summed E-state index contributed by atoms with van der Waals surface area (Å²) in [5, 5.41) is 6.94. The van der Waals surface area contributed by atoms with E-state index in [0.717, 1.165) is 11.1 Å². The summed E-state index contributed by atoms with van der Waals surface area (Å²) < 4.78 is 19.2. The van der Waals surface area contributed by atoms with Crippen LogP contribution in [0.3, 0.4) is 0 Å². The summed E-state index contributed by atoms with van der Waals surface area (Å²) in [7, 11) is 0. The van der Waals surface area contributed by atoms with Crippen LogP contribution in [0.1, 0.15) is 27.4 Å². The number of Topliss-reactive ketones (excluding diaryl/α,β-unsaturated/α-hetero) is 1. The molecular formula is C23H20FN5O2. The van der Waals surface area contributed by atoms with E-state index in [0.29, 0.717) is 34.3 Å². The van der Waals surface area contributed by atoms with Gasteiger partial charge in [-0.1, -0.05) is 41.6 Å². The van der Waals surface area contributed by atoms with Crippen LogP contribution in [0, 0.1) is 12.7 Å². The minimum Gasteiger partial charge on any atom is -0.382 e. The van der Waals surface area contributed by atoms with E-state index in [-0.39, 0.29) is 24.6 Å². The summed E-state index contributed by atoms with van der Waals surface area (Å²) in [6.07, 6.45) is 1.74. The Bertz CT molecular complexity index is 1220. The van der Waals surface area contributed by atoms with Crippen LogP contribution in [0.4, 0.5) is 15.9 Å². The molecule has 0 fully saturated rings. The molecule has 0 radical (unpaired) electrons. The molecule has 0 atom stereocenters. The van der Waals surface area contributed by atoms with E-state index in [1.165, 1.54) is 6.07 Å². The third-order valence-electron chi connectivity index (χ3n) is 4.78. The molecule has 0 saturated carbocycles. The number of nitrogens with one attached hydrogen (secondary N) is 1. The first-order chi connectivity index (χ1) is 15.0. The van der Waals surface area contributed by atoms with E-state index in [1.54, 1.807) is 61.7 Å². The highest BCUT2D eigenvalue weighted by Crippen LogP contribution is 2.20. The Kier molecular flexibility index (Phi) is 5.70.